The number of unbranched alkanes of at least 4 members (excludes halogenated alkanes) is 1. The predicted octanol–water partition coefficient (Wildman–Crippen LogP) is 4.95. The van der Waals surface area contributed by atoms with Gasteiger partial charge >= 0.3 is 0 Å². The number of carbonyl (C=O) groups is 1. The van der Waals surface area contributed by atoms with Crippen molar-refractivity contribution in [2.24, 2.45) is 7.05 Å². The summed E-state index contributed by atoms with van der Waals surface area (Å²) in [4.78, 5) is 26.7. The lowest BCUT2D eigenvalue weighted by atomic mass is 10.0. The van der Waals surface area contributed by atoms with Gasteiger partial charge in [0.15, 0.2) is 5.78 Å². The molecule has 0 amide bonds. The van der Waals surface area contributed by atoms with E-state index in [0.717, 1.165) is 41.9 Å². The molecule has 0 aliphatic carbocycles. The van der Waals surface area contributed by atoms with Gasteiger partial charge in [0.05, 0.1) is 23.1 Å². The molecule has 5 rings (SSSR count). The van der Waals surface area contributed by atoms with Crippen molar-refractivity contribution in [3.63, 3.8) is 0 Å². The largest absolute Gasteiger partial charge is 0.337 e. The molecule has 0 radical (unpaired) electrons. The second kappa shape index (κ2) is 9.16. The highest BCUT2D eigenvalue weighted by Gasteiger charge is 2.16. The lowest BCUT2D eigenvalue weighted by Crippen LogP contribution is -2.02. The van der Waals surface area contributed by atoms with Crippen LogP contribution in [0.1, 0.15) is 29.6 Å². The molecular weight excluding hydrogens is 412 g/mol. The van der Waals surface area contributed by atoms with Crippen LogP contribution in [0.4, 0.5) is 0 Å². The number of fused-ring (bicyclic) bond motifs is 1. The van der Waals surface area contributed by atoms with Gasteiger partial charge in [-0.2, -0.15) is 5.10 Å². The van der Waals surface area contributed by atoms with Crippen LogP contribution in [0.15, 0.2) is 79.5 Å². The summed E-state index contributed by atoms with van der Waals surface area (Å²) in [5.74, 6) is 0.121. The summed E-state index contributed by atoms with van der Waals surface area (Å²) in [7, 11) is 1.88. The van der Waals surface area contributed by atoms with E-state index in [0.29, 0.717) is 23.2 Å². The minimum absolute atomic E-state index is 0.121. The Labute approximate surface area is 191 Å². The SMILES string of the molecule is Cn1ccc(-c2nc3cc(C(=O)CCCCn4ccnc4)ccc3nc2-c2ccccc2)n1. The zero-order valence-electron chi connectivity index (χ0n) is 18.4. The molecule has 0 fully saturated rings. The molecule has 0 unspecified atom stereocenters. The van der Waals surface area contributed by atoms with E-state index in [9.17, 15) is 4.79 Å². The molecule has 0 bridgehead atoms. The first-order valence-corrected chi connectivity index (χ1v) is 11.0. The molecule has 0 saturated heterocycles. The van der Waals surface area contributed by atoms with Gasteiger partial charge in [-0.3, -0.25) is 9.48 Å². The molecule has 0 spiro atoms. The van der Waals surface area contributed by atoms with Crippen LogP contribution >= 0.6 is 0 Å². The zero-order valence-corrected chi connectivity index (χ0v) is 18.4. The summed E-state index contributed by atoms with van der Waals surface area (Å²) in [6.45, 7) is 0.867. The van der Waals surface area contributed by atoms with Gasteiger partial charge < -0.3 is 4.57 Å². The van der Waals surface area contributed by atoms with E-state index in [4.69, 9.17) is 9.97 Å². The number of Topliss-reactive ketones (excluding diaryl/α,β-unsaturated/α-hetero) is 1. The third-order valence-electron chi connectivity index (χ3n) is 5.62. The number of rotatable bonds is 8. The Morgan fingerprint density at radius 1 is 0.909 bits per heavy atom. The molecule has 3 heterocycles. The summed E-state index contributed by atoms with van der Waals surface area (Å²) in [6, 6.07) is 17.5. The maximum absolute atomic E-state index is 12.8. The molecule has 0 atom stereocenters. The van der Waals surface area contributed by atoms with Crippen molar-refractivity contribution in [2.45, 2.75) is 25.8 Å². The molecule has 3 aromatic heterocycles. The number of ketones is 1. The molecule has 33 heavy (non-hydrogen) atoms. The third-order valence-corrected chi connectivity index (χ3v) is 5.62. The fraction of sp³-hybridized carbons (Fsp3) is 0.192. The highest BCUT2D eigenvalue weighted by atomic mass is 16.1. The summed E-state index contributed by atoms with van der Waals surface area (Å²) in [6.07, 6.45) is 9.65. The van der Waals surface area contributed by atoms with Crippen LogP contribution in [0.5, 0.6) is 0 Å². The highest BCUT2D eigenvalue weighted by Crippen LogP contribution is 2.30. The number of aryl methyl sites for hydroxylation is 2. The first-order chi connectivity index (χ1) is 16.2. The van der Waals surface area contributed by atoms with Crippen molar-refractivity contribution in [1.82, 2.24) is 29.3 Å². The molecular formula is C26H24N6O. The van der Waals surface area contributed by atoms with Crippen molar-refractivity contribution < 1.29 is 4.79 Å². The monoisotopic (exact) mass is 436 g/mol. The molecule has 2 aromatic carbocycles. The number of hydrogen-bond acceptors (Lipinski definition) is 5. The molecule has 0 saturated carbocycles. The lowest BCUT2D eigenvalue weighted by Gasteiger charge is -2.10. The van der Waals surface area contributed by atoms with Gasteiger partial charge in [-0.15, -0.1) is 0 Å². The van der Waals surface area contributed by atoms with E-state index in [1.54, 1.807) is 17.2 Å². The van der Waals surface area contributed by atoms with Gasteiger partial charge in [-0.25, -0.2) is 15.0 Å². The average molecular weight is 437 g/mol. The minimum Gasteiger partial charge on any atom is -0.337 e. The quantitative estimate of drug-likeness (QED) is 0.254. The van der Waals surface area contributed by atoms with Gasteiger partial charge in [0.2, 0.25) is 0 Å². The Morgan fingerprint density at radius 3 is 2.52 bits per heavy atom. The second-order valence-corrected chi connectivity index (χ2v) is 8.05. The molecule has 7 nitrogen and oxygen atoms in total. The molecule has 7 heteroatoms. The standard InChI is InChI=1S/C26H24N6O/c1-31-15-12-22(30-31)26-25(19-7-3-2-4-8-19)28-21-11-10-20(17-23(21)29-26)24(33)9-5-6-14-32-16-13-27-18-32/h2-4,7-8,10-13,15-18H,5-6,9,14H2,1H3. The fourth-order valence-electron chi connectivity index (χ4n) is 3.89. The molecule has 5 aromatic rings. The Kier molecular flexibility index (Phi) is 5.76. The van der Waals surface area contributed by atoms with Gasteiger partial charge in [0.25, 0.3) is 0 Å². The maximum atomic E-state index is 12.8. The van der Waals surface area contributed by atoms with Crippen LogP contribution in [0.25, 0.3) is 33.7 Å². The van der Waals surface area contributed by atoms with E-state index in [2.05, 4.69) is 10.1 Å². The number of imidazole rings is 1. The van der Waals surface area contributed by atoms with Gasteiger partial charge in [0, 0.05) is 49.7 Å². The van der Waals surface area contributed by atoms with E-state index in [-0.39, 0.29) is 5.78 Å². The predicted molar refractivity (Wildman–Crippen MR) is 128 cm³/mol. The van der Waals surface area contributed by atoms with Gasteiger partial charge in [-0.1, -0.05) is 30.3 Å². The molecule has 0 aliphatic rings. The first-order valence-electron chi connectivity index (χ1n) is 11.0. The van der Waals surface area contributed by atoms with Crippen LogP contribution in [-0.2, 0) is 13.6 Å². The Hall–Kier alpha value is -4.13. The van der Waals surface area contributed by atoms with E-state index in [1.165, 1.54) is 0 Å². The lowest BCUT2D eigenvalue weighted by molar-refractivity contribution is 0.0979. The van der Waals surface area contributed by atoms with Crippen molar-refractivity contribution in [3.8, 4) is 22.6 Å². The van der Waals surface area contributed by atoms with Crippen molar-refractivity contribution in [1.29, 1.82) is 0 Å². The van der Waals surface area contributed by atoms with E-state index < -0.39 is 0 Å². The van der Waals surface area contributed by atoms with Crippen molar-refractivity contribution >= 4 is 16.8 Å². The minimum atomic E-state index is 0.121. The highest BCUT2D eigenvalue weighted by molar-refractivity contribution is 5.99. The first kappa shape index (κ1) is 20.8. The number of aromatic nitrogens is 6. The summed E-state index contributed by atoms with van der Waals surface area (Å²) in [5.41, 5.74) is 5.33. The van der Waals surface area contributed by atoms with E-state index in [1.807, 2.05) is 78.6 Å². The Balaban J connectivity index is 1.43. The Bertz CT molecular complexity index is 1390. The van der Waals surface area contributed by atoms with Crippen LogP contribution in [0.3, 0.4) is 0 Å². The third kappa shape index (κ3) is 4.57. The normalized spacial score (nSPS) is 11.2. The zero-order chi connectivity index (χ0) is 22.6. The smallest absolute Gasteiger partial charge is 0.162 e. The topological polar surface area (TPSA) is 78.5 Å². The van der Waals surface area contributed by atoms with Gasteiger partial charge in [0.1, 0.15) is 11.4 Å². The van der Waals surface area contributed by atoms with Crippen molar-refractivity contribution in [2.75, 3.05) is 0 Å². The number of nitrogens with zero attached hydrogens (tertiary/aromatic N) is 6. The Morgan fingerprint density at radius 2 is 1.76 bits per heavy atom. The van der Waals surface area contributed by atoms with Crippen LogP contribution in [0.2, 0.25) is 0 Å². The second-order valence-electron chi connectivity index (χ2n) is 8.05. The van der Waals surface area contributed by atoms with Crippen LogP contribution < -0.4 is 0 Å². The maximum Gasteiger partial charge on any atom is 0.162 e. The molecule has 0 N–H and O–H groups in total. The number of benzene rings is 2. The summed E-state index contributed by atoms with van der Waals surface area (Å²) >= 11 is 0. The van der Waals surface area contributed by atoms with Crippen LogP contribution in [0, 0.1) is 0 Å². The van der Waals surface area contributed by atoms with E-state index >= 15 is 0 Å². The molecule has 0 aliphatic heterocycles. The summed E-state index contributed by atoms with van der Waals surface area (Å²) < 4.78 is 3.78. The number of carbonyl (C=O) groups excluding carboxylic acids is 1. The van der Waals surface area contributed by atoms with Crippen molar-refractivity contribution in [3.05, 3.63) is 85.1 Å². The average Bonchev–Trinajstić information content (AvgIpc) is 3.53. The van der Waals surface area contributed by atoms with Gasteiger partial charge in [-0.05, 0) is 37.1 Å². The summed E-state index contributed by atoms with van der Waals surface area (Å²) in [5, 5.41) is 4.54. The molecule has 164 valence electrons. The fourth-order valence-corrected chi connectivity index (χ4v) is 3.89. The number of hydrogen-bond donors (Lipinski definition) is 0. The van der Waals surface area contributed by atoms with Crippen LogP contribution in [-0.4, -0.2) is 35.1 Å².